The Kier molecular flexibility index (Phi) is 2.88. The summed E-state index contributed by atoms with van der Waals surface area (Å²) in [6.45, 7) is 0.958. The van der Waals surface area contributed by atoms with Crippen LogP contribution in [0.2, 0.25) is 0 Å². The normalized spacial score (nSPS) is 19.7. The molecule has 2 aromatic rings. The molecule has 0 aromatic heterocycles. The number of ether oxygens (including phenoxy) is 1. The van der Waals surface area contributed by atoms with Gasteiger partial charge in [-0.1, -0.05) is 0 Å². The molecule has 1 atom stereocenters. The molecule has 0 aliphatic carbocycles. The third kappa shape index (κ3) is 1.94. The largest absolute Gasteiger partial charge is 0.506 e. The van der Waals surface area contributed by atoms with E-state index in [1.807, 2.05) is 0 Å². The highest BCUT2D eigenvalue weighted by molar-refractivity contribution is 5.70. The number of rotatable bonds is 0. The van der Waals surface area contributed by atoms with Crippen LogP contribution in [0.25, 0.3) is 0 Å². The van der Waals surface area contributed by atoms with Crippen LogP contribution in [-0.2, 0) is 5.41 Å². The zero-order valence-electron chi connectivity index (χ0n) is 11.9. The summed E-state index contributed by atoms with van der Waals surface area (Å²) >= 11 is 0. The highest BCUT2D eigenvalue weighted by atomic mass is 19.4. The number of benzene rings is 2. The molecule has 8 heteroatoms. The van der Waals surface area contributed by atoms with Crippen molar-refractivity contribution in [2.45, 2.75) is 18.5 Å². The van der Waals surface area contributed by atoms with Crippen LogP contribution in [0.15, 0.2) is 24.3 Å². The Labute approximate surface area is 128 Å². The van der Waals surface area contributed by atoms with Crippen molar-refractivity contribution in [2.75, 3.05) is 11.5 Å². The summed E-state index contributed by atoms with van der Waals surface area (Å²) in [6.07, 6.45) is -4.70. The minimum Gasteiger partial charge on any atom is -0.506 e. The van der Waals surface area contributed by atoms with Gasteiger partial charge >= 0.3 is 6.18 Å². The van der Waals surface area contributed by atoms with Crippen molar-refractivity contribution < 1.29 is 28.1 Å². The molecule has 5 nitrogen and oxygen atoms in total. The lowest BCUT2D eigenvalue weighted by atomic mass is 9.73. The highest BCUT2D eigenvalue weighted by Crippen LogP contribution is 2.57. The number of alkyl halides is 3. The third-order valence-corrected chi connectivity index (χ3v) is 4.12. The molecule has 0 radical (unpaired) electrons. The maximum absolute atomic E-state index is 13.9. The van der Waals surface area contributed by atoms with Crippen LogP contribution in [0, 0.1) is 0 Å². The van der Waals surface area contributed by atoms with Gasteiger partial charge < -0.3 is 26.4 Å². The molecule has 1 heterocycles. The number of anilines is 2. The van der Waals surface area contributed by atoms with Crippen LogP contribution >= 0.6 is 0 Å². The predicted octanol–water partition coefficient (Wildman–Crippen LogP) is 3.24. The van der Waals surface area contributed by atoms with Crippen molar-refractivity contribution in [1.82, 2.24) is 0 Å². The van der Waals surface area contributed by atoms with Gasteiger partial charge in [0.1, 0.15) is 28.4 Å². The van der Waals surface area contributed by atoms with Crippen molar-refractivity contribution >= 4 is 11.4 Å². The van der Waals surface area contributed by atoms with E-state index < -0.39 is 17.3 Å². The number of phenols is 2. The molecule has 1 unspecified atom stereocenters. The fourth-order valence-corrected chi connectivity index (χ4v) is 2.69. The first kappa shape index (κ1) is 15.1. The van der Waals surface area contributed by atoms with Gasteiger partial charge in [-0.05, 0) is 19.1 Å². The van der Waals surface area contributed by atoms with Crippen LogP contribution in [0.4, 0.5) is 24.5 Å². The first-order chi connectivity index (χ1) is 10.6. The number of hydrogen-bond acceptors (Lipinski definition) is 5. The molecular formula is C15H13F3N2O3. The second-order valence-corrected chi connectivity index (χ2v) is 5.54. The standard InChI is InChI=1S/C15H13F3N2O3/c1-14(15(16,17)18)6-2-8(19)11(22)5-13(6)23-12-4-9(20)10(21)3-7(12)14/h2-5,21-22H,19-20H2,1H3. The van der Waals surface area contributed by atoms with Gasteiger partial charge in [0.2, 0.25) is 0 Å². The molecule has 0 amide bonds. The Hall–Kier alpha value is -2.77. The quantitative estimate of drug-likeness (QED) is 0.440. The molecule has 0 fully saturated rings. The second-order valence-electron chi connectivity index (χ2n) is 5.54. The Morgan fingerprint density at radius 1 is 0.913 bits per heavy atom. The highest BCUT2D eigenvalue weighted by Gasteiger charge is 2.58. The van der Waals surface area contributed by atoms with Gasteiger partial charge in [-0.15, -0.1) is 0 Å². The molecule has 1 aliphatic heterocycles. The third-order valence-electron chi connectivity index (χ3n) is 4.12. The van der Waals surface area contributed by atoms with Crippen molar-refractivity contribution in [1.29, 1.82) is 0 Å². The summed E-state index contributed by atoms with van der Waals surface area (Å²) < 4.78 is 47.1. The monoisotopic (exact) mass is 326 g/mol. The predicted molar refractivity (Wildman–Crippen MR) is 77.6 cm³/mol. The number of aromatic hydroxyl groups is 2. The van der Waals surface area contributed by atoms with Gasteiger partial charge in [-0.25, -0.2) is 0 Å². The molecule has 0 spiro atoms. The molecule has 2 aromatic carbocycles. The van der Waals surface area contributed by atoms with E-state index in [9.17, 15) is 23.4 Å². The lowest BCUT2D eigenvalue weighted by Gasteiger charge is -2.39. The average Bonchev–Trinajstić information content (AvgIpc) is 2.43. The summed E-state index contributed by atoms with van der Waals surface area (Å²) in [7, 11) is 0. The van der Waals surface area contributed by atoms with Gasteiger partial charge in [0, 0.05) is 23.3 Å². The van der Waals surface area contributed by atoms with Crippen molar-refractivity contribution in [3.63, 3.8) is 0 Å². The van der Waals surface area contributed by atoms with E-state index in [4.69, 9.17) is 16.2 Å². The Bertz CT molecular complexity index is 761. The number of nitrogens with two attached hydrogens (primary N) is 2. The van der Waals surface area contributed by atoms with Gasteiger partial charge in [0.15, 0.2) is 0 Å². The van der Waals surface area contributed by atoms with Gasteiger partial charge in [-0.3, -0.25) is 0 Å². The molecular weight excluding hydrogens is 313 g/mol. The topological polar surface area (TPSA) is 102 Å². The summed E-state index contributed by atoms with van der Waals surface area (Å²) in [4.78, 5) is 0. The Balaban J connectivity index is 2.39. The number of halogens is 3. The maximum Gasteiger partial charge on any atom is 0.402 e. The lowest BCUT2D eigenvalue weighted by molar-refractivity contribution is -0.174. The molecule has 0 saturated heterocycles. The first-order valence-electron chi connectivity index (χ1n) is 6.56. The zero-order valence-corrected chi connectivity index (χ0v) is 11.9. The van der Waals surface area contributed by atoms with E-state index in [1.165, 1.54) is 0 Å². The number of hydrogen-bond donors (Lipinski definition) is 4. The summed E-state index contributed by atoms with van der Waals surface area (Å²) in [5.41, 5.74) is 7.74. The van der Waals surface area contributed by atoms with Crippen LogP contribution in [0.1, 0.15) is 18.1 Å². The molecule has 122 valence electrons. The zero-order chi connectivity index (χ0) is 17.2. The van der Waals surface area contributed by atoms with Gasteiger partial charge in [0.05, 0.1) is 11.4 Å². The van der Waals surface area contributed by atoms with E-state index in [-0.39, 0.29) is 39.8 Å². The first-order valence-corrected chi connectivity index (χ1v) is 6.56. The SMILES string of the molecule is CC1(C(F)(F)F)c2cc(N)c(O)cc2Oc2cc(N)c(O)cc21. The Morgan fingerprint density at radius 3 is 2.00 bits per heavy atom. The van der Waals surface area contributed by atoms with E-state index in [0.717, 1.165) is 31.2 Å². The molecule has 0 saturated carbocycles. The molecule has 6 N–H and O–H groups in total. The summed E-state index contributed by atoms with van der Waals surface area (Å²) in [5.74, 6) is -1.17. The molecule has 23 heavy (non-hydrogen) atoms. The van der Waals surface area contributed by atoms with Gasteiger partial charge in [0.25, 0.3) is 0 Å². The summed E-state index contributed by atoms with van der Waals surface area (Å²) in [6, 6.07) is 4.10. The smallest absolute Gasteiger partial charge is 0.402 e. The van der Waals surface area contributed by atoms with Gasteiger partial charge in [-0.2, -0.15) is 13.2 Å². The fourth-order valence-electron chi connectivity index (χ4n) is 2.69. The fraction of sp³-hybridized carbons (Fsp3) is 0.200. The number of phenolic OH excluding ortho intramolecular Hbond substituents is 2. The Morgan fingerprint density at radius 2 is 1.39 bits per heavy atom. The van der Waals surface area contributed by atoms with Crippen LogP contribution in [-0.4, -0.2) is 16.4 Å². The lowest BCUT2D eigenvalue weighted by Crippen LogP contribution is -2.42. The average molecular weight is 326 g/mol. The van der Waals surface area contributed by atoms with E-state index >= 15 is 0 Å². The maximum atomic E-state index is 13.9. The van der Waals surface area contributed by atoms with Crippen LogP contribution in [0.3, 0.4) is 0 Å². The van der Waals surface area contributed by atoms with E-state index in [0.29, 0.717) is 0 Å². The van der Waals surface area contributed by atoms with E-state index in [1.54, 1.807) is 0 Å². The van der Waals surface area contributed by atoms with Crippen molar-refractivity contribution in [3.8, 4) is 23.0 Å². The van der Waals surface area contributed by atoms with Crippen molar-refractivity contribution in [3.05, 3.63) is 35.4 Å². The minimum absolute atomic E-state index is 0.114. The molecule has 3 rings (SSSR count). The molecule has 0 bridgehead atoms. The minimum atomic E-state index is -4.70. The van der Waals surface area contributed by atoms with Crippen LogP contribution < -0.4 is 16.2 Å². The summed E-state index contributed by atoms with van der Waals surface area (Å²) in [5, 5.41) is 19.4. The molecule has 1 aliphatic rings. The number of fused-ring (bicyclic) bond motifs is 2. The van der Waals surface area contributed by atoms with Crippen LogP contribution in [0.5, 0.6) is 23.0 Å². The van der Waals surface area contributed by atoms with E-state index in [2.05, 4.69) is 0 Å². The number of nitrogen functional groups attached to an aromatic ring is 2. The van der Waals surface area contributed by atoms with Crippen molar-refractivity contribution in [2.24, 2.45) is 0 Å². The second kappa shape index (κ2) is 4.37.